The molecule has 0 unspecified atom stereocenters. The summed E-state index contributed by atoms with van der Waals surface area (Å²) in [5.41, 5.74) is 1.38. The largest absolute Gasteiger partial charge is 0.478 e. The third-order valence-electron chi connectivity index (χ3n) is 4.14. The van der Waals surface area contributed by atoms with Gasteiger partial charge in [-0.25, -0.2) is 14.5 Å². The zero-order valence-corrected chi connectivity index (χ0v) is 13.7. The van der Waals surface area contributed by atoms with Gasteiger partial charge in [0, 0.05) is 6.20 Å². The molecule has 3 aromatic heterocycles. The predicted molar refractivity (Wildman–Crippen MR) is 92.5 cm³/mol. The van der Waals surface area contributed by atoms with Crippen LogP contribution in [0.2, 0.25) is 0 Å². The van der Waals surface area contributed by atoms with Gasteiger partial charge in [-0.1, -0.05) is 30.3 Å². The van der Waals surface area contributed by atoms with Gasteiger partial charge in [-0.05, 0) is 12.5 Å². The zero-order valence-electron chi connectivity index (χ0n) is 13.7. The summed E-state index contributed by atoms with van der Waals surface area (Å²) in [4.78, 5) is 30.6. The number of carboxylic acid groups (broad SMARTS) is 1. The third kappa shape index (κ3) is 2.55. The lowest BCUT2D eigenvalue weighted by Gasteiger charge is -2.13. The average Bonchev–Trinajstić information content (AvgIpc) is 3.29. The first-order valence-corrected chi connectivity index (χ1v) is 7.85. The first-order valence-electron chi connectivity index (χ1n) is 7.85. The van der Waals surface area contributed by atoms with E-state index in [2.05, 4.69) is 20.2 Å². The van der Waals surface area contributed by atoms with Crippen LogP contribution >= 0.6 is 0 Å². The number of hydrogen-bond acceptors (Lipinski definition) is 5. The van der Waals surface area contributed by atoms with Gasteiger partial charge in [0.2, 0.25) is 5.95 Å². The minimum absolute atomic E-state index is 0.00106. The lowest BCUT2D eigenvalue weighted by Crippen LogP contribution is -2.18. The van der Waals surface area contributed by atoms with E-state index in [-0.39, 0.29) is 23.1 Å². The first-order chi connectivity index (χ1) is 12.5. The summed E-state index contributed by atoms with van der Waals surface area (Å²) in [5, 5.41) is 17.2. The maximum Gasteiger partial charge on any atom is 0.338 e. The number of carboxylic acids is 1. The Morgan fingerprint density at radius 3 is 2.65 bits per heavy atom. The van der Waals surface area contributed by atoms with Crippen molar-refractivity contribution >= 4 is 17.0 Å². The minimum Gasteiger partial charge on any atom is -0.478 e. The van der Waals surface area contributed by atoms with E-state index in [4.69, 9.17) is 5.11 Å². The molecular weight excluding hydrogens is 336 g/mol. The number of aromatic carboxylic acids is 1. The van der Waals surface area contributed by atoms with Gasteiger partial charge in [-0.15, -0.1) is 0 Å². The van der Waals surface area contributed by atoms with Crippen molar-refractivity contribution in [2.75, 3.05) is 0 Å². The summed E-state index contributed by atoms with van der Waals surface area (Å²) in [6.45, 7) is 1.95. The molecule has 0 fully saturated rings. The van der Waals surface area contributed by atoms with Crippen LogP contribution in [0, 0.1) is 0 Å². The van der Waals surface area contributed by atoms with E-state index in [1.165, 1.54) is 23.3 Å². The molecule has 26 heavy (non-hydrogen) atoms. The Kier molecular flexibility index (Phi) is 3.61. The van der Waals surface area contributed by atoms with Crippen molar-refractivity contribution in [1.82, 2.24) is 29.5 Å². The molecule has 4 aromatic rings. The highest BCUT2D eigenvalue weighted by Gasteiger charge is 2.17. The fraction of sp³-hybridized carbons (Fsp3) is 0.118. The van der Waals surface area contributed by atoms with Crippen LogP contribution < -0.4 is 5.56 Å². The quantitative estimate of drug-likeness (QED) is 0.577. The second-order valence-corrected chi connectivity index (χ2v) is 5.78. The normalized spacial score (nSPS) is 12.3. The molecule has 0 bridgehead atoms. The summed E-state index contributed by atoms with van der Waals surface area (Å²) in [7, 11) is 0. The molecule has 0 amide bonds. The number of nitrogens with zero attached hydrogens (tertiary/aromatic N) is 5. The van der Waals surface area contributed by atoms with Crippen molar-refractivity contribution in [3.05, 3.63) is 70.4 Å². The monoisotopic (exact) mass is 350 g/mol. The summed E-state index contributed by atoms with van der Waals surface area (Å²) in [6.07, 6.45) is 3.98. The van der Waals surface area contributed by atoms with E-state index in [0.717, 1.165) is 5.56 Å². The van der Waals surface area contributed by atoms with E-state index >= 15 is 0 Å². The highest BCUT2D eigenvalue weighted by Crippen LogP contribution is 2.20. The fourth-order valence-electron chi connectivity index (χ4n) is 2.78. The molecule has 2 N–H and O–H groups in total. The van der Waals surface area contributed by atoms with Crippen molar-refractivity contribution in [3.63, 3.8) is 0 Å². The van der Waals surface area contributed by atoms with Crippen LogP contribution in [0.3, 0.4) is 0 Å². The Morgan fingerprint density at radius 2 is 1.96 bits per heavy atom. The number of aromatic nitrogens is 6. The molecule has 0 saturated heterocycles. The lowest BCUT2D eigenvalue weighted by molar-refractivity contribution is 0.0697. The molecule has 0 aliphatic carbocycles. The number of aromatic amines is 1. The van der Waals surface area contributed by atoms with Gasteiger partial charge in [-0.3, -0.25) is 14.5 Å². The maximum absolute atomic E-state index is 12.6. The van der Waals surface area contributed by atoms with Gasteiger partial charge in [0.25, 0.3) is 5.56 Å². The number of rotatable bonds is 4. The van der Waals surface area contributed by atoms with E-state index < -0.39 is 5.97 Å². The second-order valence-electron chi connectivity index (χ2n) is 5.78. The predicted octanol–water partition coefficient (Wildman–Crippen LogP) is 1.61. The zero-order chi connectivity index (χ0) is 18.3. The first kappa shape index (κ1) is 15.8. The summed E-state index contributed by atoms with van der Waals surface area (Å²) < 4.78 is 2.83. The van der Waals surface area contributed by atoms with Crippen LogP contribution in [0.4, 0.5) is 0 Å². The third-order valence-corrected chi connectivity index (χ3v) is 4.14. The van der Waals surface area contributed by atoms with Crippen LogP contribution in [0.5, 0.6) is 0 Å². The van der Waals surface area contributed by atoms with Gasteiger partial charge in [0.1, 0.15) is 5.52 Å². The summed E-state index contributed by atoms with van der Waals surface area (Å²) in [5.74, 6) is -0.980. The van der Waals surface area contributed by atoms with E-state index in [1.807, 2.05) is 37.3 Å². The van der Waals surface area contributed by atoms with Gasteiger partial charge >= 0.3 is 5.97 Å². The number of H-pyrrole nitrogens is 1. The molecule has 0 spiro atoms. The minimum atomic E-state index is -1.11. The highest BCUT2D eigenvalue weighted by molar-refractivity contribution is 5.87. The van der Waals surface area contributed by atoms with E-state index in [0.29, 0.717) is 11.0 Å². The Bertz CT molecular complexity index is 1160. The van der Waals surface area contributed by atoms with Crippen molar-refractivity contribution < 1.29 is 9.90 Å². The van der Waals surface area contributed by atoms with Gasteiger partial charge in [-0.2, -0.15) is 10.2 Å². The van der Waals surface area contributed by atoms with Gasteiger partial charge in [0.05, 0.1) is 24.0 Å². The van der Waals surface area contributed by atoms with Crippen LogP contribution in [-0.2, 0) is 0 Å². The Hall–Kier alpha value is -3.75. The highest BCUT2D eigenvalue weighted by atomic mass is 16.4. The van der Waals surface area contributed by atoms with Crippen molar-refractivity contribution in [1.29, 1.82) is 0 Å². The second kappa shape index (κ2) is 5.96. The molecule has 4 rings (SSSR count). The van der Waals surface area contributed by atoms with Gasteiger partial charge in [0.15, 0.2) is 5.52 Å². The van der Waals surface area contributed by atoms with Crippen LogP contribution in [0.1, 0.15) is 28.9 Å². The molecule has 9 heteroatoms. The number of benzene rings is 1. The summed E-state index contributed by atoms with van der Waals surface area (Å²) in [6, 6.07) is 9.56. The molecule has 0 aliphatic rings. The number of carbonyl (C=O) groups is 1. The van der Waals surface area contributed by atoms with Crippen LogP contribution in [0.25, 0.3) is 17.0 Å². The molecule has 3 heterocycles. The number of fused-ring (bicyclic) bond motifs is 1. The van der Waals surface area contributed by atoms with Crippen molar-refractivity contribution in [3.8, 4) is 5.95 Å². The Balaban J connectivity index is 1.80. The standard InChI is InChI=1S/C17H14N6O3/c1-10(11-5-3-2-4-6-11)23-14-13(8-19-23)20-17(21-15(14)24)22-9-12(7-18-22)16(25)26/h2-10H,1H3,(H,25,26)(H,20,21,24)/t10-/m1/s1. The molecule has 130 valence electrons. The maximum atomic E-state index is 12.6. The number of hydrogen-bond donors (Lipinski definition) is 2. The molecular formula is C17H14N6O3. The number of nitrogens with one attached hydrogen (secondary N) is 1. The lowest BCUT2D eigenvalue weighted by atomic mass is 10.1. The Labute approximate surface area is 146 Å². The molecule has 0 saturated carbocycles. The average molecular weight is 350 g/mol. The van der Waals surface area contributed by atoms with Crippen LogP contribution in [0.15, 0.2) is 53.7 Å². The van der Waals surface area contributed by atoms with Crippen LogP contribution in [-0.4, -0.2) is 40.6 Å². The molecule has 9 nitrogen and oxygen atoms in total. The Morgan fingerprint density at radius 1 is 1.19 bits per heavy atom. The van der Waals surface area contributed by atoms with Gasteiger partial charge < -0.3 is 5.11 Å². The topological polar surface area (TPSA) is 119 Å². The fourth-order valence-corrected chi connectivity index (χ4v) is 2.78. The van der Waals surface area contributed by atoms with E-state index in [1.54, 1.807) is 4.68 Å². The molecule has 0 aliphatic heterocycles. The van der Waals surface area contributed by atoms with E-state index in [9.17, 15) is 9.59 Å². The SMILES string of the molecule is C[C@H](c1ccccc1)n1ncc2nc(-n3cc(C(=O)O)cn3)[nH]c(=O)c21. The summed E-state index contributed by atoms with van der Waals surface area (Å²) >= 11 is 0. The van der Waals surface area contributed by atoms with Crippen molar-refractivity contribution in [2.45, 2.75) is 13.0 Å². The van der Waals surface area contributed by atoms with Crippen molar-refractivity contribution in [2.24, 2.45) is 0 Å². The molecule has 1 atom stereocenters. The molecule has 0 radical (unpaired) electrons. The molecule has 1 aromatic carbocycles. The smallest absolute Gasteiger partial charge is 0.338 e.